The lowest BCUT2D eigenvalue weighted by molar-refractivity contribution is -0.117. The molecule has 0 saturated carbocycles. The quantitative estimate of drug-likeness (QED) is 0.276. The number of carbonyl (C=O) groups is 2. The molecule has 0 bridgehead atoms. The smallest absolute Gasteiger partial charge is 0.268 e. The molecule has 0 aliphatic rings. The summed E-state index contributed by atoms with van der Waals surface area (Å²) in [4.78, 5) is 25.9. The Morgan fingerprint density at radius 3 is 2.37 bits per heavy atom. The van der Waals surface area contributed by atoms with Crippen molar-refractivity contribution in [1.29, 1.82) is 0 Å². The van der Waals surface area contributed by atoms with Crippen LogP contribution in [0, 0.1) is 6.92 Å². The van der Waals surface area contributed by atoms with E-state index >= 15 is 0 Å². The molecule has 4 aromatic rings. The first-order chi connectivity index (χ1) is 16.9. The summed E-state index contributed by atoms with van der Waals surface area (Å²) in [7, 11) is 0. The molecule has 35 heavy (non-hydrogen) atoms. The molecular weight excluding hydrogens is 483 g/mol. The van der Waals surface area contributed by atoms with Gasteiger partial charge in [-0.15, -0.1) is 0 Å². The molecular formula is C28H22Cl2N2O3. The Labute approximate surface area is 213 Å². The summed E-state index contributed by atoms with van der Waals surface area (Å²) in [5.74, 6) is 0.0299. The van der Waals surface area contributed by atoms with Crippen molar-refractivity contribution in [3.63, 3.8) is 0 Å². The lowest BCUT2D eigenvalue weighted by Gasteiger charge is -2.11. The fraction of sp³-hybridized carbons (Fsp3) is 0.0714. The Hall–Kier alpha value is -3.80. The highest BCUT2D eigenvalue weighted by atomic mass is 35.5. The number of hydrogen-bond donors (Lipinski definition) is 2. The topological polar surface area (TPSA) is 71.3 Å². The molecule has 0 spiro atoms. The van der Waals surface area contributed by atoms with E-state index in [4.69, 9.17) is 27.6 Å². The van der Waals surface area contributed by atoms with E-state index in [1.54, 1.807) is 42.5 Å². The Kier molecular flexibility index (Phi) is 7.70. The van der Waals surface area contributed by atoms with Crippen LogP contribution in [-0.4, -0.2) is 11.8 Å². The summed E-state index contributed by atoms with van der Waals surface area (Å²) >= 11 is 12.3. The maximum absolute atomic E-state index is 13.0. The maximum atomic E-state index is 13.0. The highest BCUT2D eigenvalue weighted by Crippen LogP contribution is 2.32. The van der Waals surface area contributed by atoms with E-state index in [1.165, 1.54) is 6.08 Å². The zero-order valence-electron chi connectivity index (χ0n) is 18.8. The maximum Gasteiger partial charge on any atom is 0.268 e. The van der Waals surface area contributed by atoms with E-state index in [0.29, 0.717) is 39.2 Å². The van der Waals surface area contributed by atoms with Crippen LogP contribution >= 0.6 is 23.2 Å². The van der Waals surface area contributed by atoms with Crippen molar-refractivity contribution >= 4 is 41.1 Å². The summed E-state index contributed by atoms with van der Waals surface area (Å²) in [6.45, 7) is 2.24. The summed E-state index contributed by atoms with van der Waals surface area (Å²) in [6, 6.07) is 25.1. The van der Waals surface area contributed by atoms with Gasteiger partial charge < -0.3 is 15.1 Å². The zero-order chi connectivity index (χ0) is 24.8. The number of rotatable bonds is 7. The van der Waals surface area contributed by atoms with E-state index in [-0.39, 0.29) is 5.70 Å². The van der Waals surface area contributed by atoms with Gasteiger partial charge in [0.15, 0.2) is 0 Å². The number of amides is 2. The molecule has 4 rings (SSSR count). The van der Waals surface area contributed by atoms with Crippen LogP contribution in [0.25, 0.3) is 17.4 Å². The molecule has 1 heterocycles. The van der Waals surface area contributed by atoms with E-state index in [1.807, 2.05) is 49.4 Å². The molecule has 0 radical (unpaired) electrons. The van der Waals surface area contributed by atoms with Crippen molar-refractivity contribution in [2.24, 2.45) is 0 Å². The van der Waals surface area contributed by atoms with Gasteiger partial charge in [0.1, 0.15) is 17.2 Å². The van der Waals surface area contributed by atoms with Gasteiger partial charge in [-0.2, -0.15) is 0 Å². The van der Waals surface area contributed by atoms with Crippen LogP contribution in [0.1, 0.15) is 27.2 Å². The van der Waals surface area contributed by atoms with Crippen molar-refractivity contribution in [2.45, 2.75) is 13.5 Å². The van der Waals surface area contributed by atoms with Crippen molar-refractivity contribution in [3.05, 3.63) is 123 Å². The van der Waals surface area contributed by atoms with Crippen molar-refractivity contribution in [3.8, 4) is 11.3 Å². The molecule has 2 amide bonds. The van der Waals surface area contributed by atoms with Crippen LogP contribution in [0.5, 0.6) is 0 Å². The normalized spacial score (nSPS) is 11.2. The van der Waals surface area contributed by atoms with E-state index in [0.717, 1.165) is 11.1 Å². The Balaban J connectivity index is 1.60. The standard InChI is InChI=1S/C28H22Cl2N2O3/c1-18-7-9-20(10-8-18)27(33)32-25(28(34)31-17-19-5-3-2-4-6-19)16-22-12-14-26(35-22)23-13-11-21(29)15-24(23)30/h2-16H,17H2,1H3,(H,31,34)(H,32,33)/b25-16+. The van der Waals surface area contributed by atoms with Crippen molar-refractivity contribution < 1.29 is 14.0 Å². The van der Waals surface area contributed by atoms with Gasteiger partial charge in [0.2, 0.25) is 0 Å². The molecule has 3 aromatic carbocycles. The van der Waals surface area contributed by atoms with Crippen molar-refractivity contribution in [1.82, 2.24) is 10.6 Å². The summed E-state index contributed by atoms with van der Waals surface area (Å²) in [5, 5.41) is 6.51. The fourth-order valence-corrected chi connectivity index (χ4v) is 3.84. The lowest BCUT2D eigenvalue weighted by Crippen LogP contribution is -2.34. The highest BCUT2D eigenvalue weighted by molar-refractivity contribution is 6.36. The number of aryl methyl sites for hydroxylation is 1. The number of hydrogen-bond acceptors (Lipinski definition) is 3. The average molecular weight is 505 g/mol. The van der Waals surface area contributed by atoms with Gasteiger partial charge in [-0.3, -0.25) is 9.59 Å². The first kappa shape index (κ1) is 24.3. The van der Waals surface area contributed by atoms with Gasteiger partial charge in [0.05, 0.1) is 5.02 Å². The summed E-state index contributed by atoms with van der Waals surface area (Å²) in [5.41, 5.74) is 3.11. The van der Waals surface area contributed by atoms with Gasteiger partial charge in [-0.25, -0.2) is 0 Å². The second kappa shape index (κ2) is 11.1. The molecule has 0 aliphatic heterocycles. The predicted octanol–water partition coefficient (Wildman–Crippen LogP) is 6.65. The van der Waals surface area contributed by atoms with E-state index in [9.17, 15) is 9.59 Å². The SMILES string of the molecule is Cc1ccc(C(=O)N/C(=C/c2ccc(-c3ccc(Cl)cc3Cl)o2)C(=O)NCc2ccccc2)cc1. The number of carbonyl (C=O) groups excluding carboxylic acids is 2. The first-order valence-electron chi connectivity index (χ1n) is 10.9. The van der Waals surface area contributed by atoms with E-state index < -0.39 is 11.8 Å². The molecule has 0 saturated heterocycles. The first-order valence-corrected chi connectivity index (χ1v) is 11.6. The summed E-state index contributed by atoms with van der Waals surface area (Å²) < 4.78 is 5.90. The molecule has 7 heteroatoms. The fourth-order valence-electron chi connectivity index (χ4n) is 3.34. The molecule has 0 aliphatic carbocycles. The average Bonchev–Trinajstić information content (AvgIpc) is 3.31. The Bertz CT molecular complexity index is 1380. The van der Waals surface area contributed by atoms with Crippen LogP contribution in [0.4, 0.5) is 0 Å². The Morgan fingerprint density at radius 1 is 0.914 bits per heavy atom. The van der Waals surface area contributed by atoms with Crippen LogP contribution in [0.2, 0.25) is 10.0 Å². The van der Waals surface area contributed by atoms with Gasteiger partial charge in [-0.05, 0) is 55.0 Å². The number of furan rings is 1. The summed E-state index contributed by atoms with van der Waals surface area (Å²) in [6.07, 6.45) is 1.49. The molecule has 0 atom stereocenters. The van der Waals surface area contributed by atoms with Gasteiger partial charge in [0, 0.05) is 28.8 Å². The molecule has 2 N–H and O–H groups in total. The van der Waals surface area contributed by atoms with Crippen LogP contribution < -0.4 is 10.6 Å². The number of nitrogens with one attached hydrogen (secondary N) is 2. The van der Waals surface area contributed by atoms with Crippen LogP contribution in [0.3, 0.4) is 0 Å². The third-order valence-electron chi connectivity index (χ3n) is 5.21. The number of halogens is 2. The minimum Gasteiger partial charge on any atom is -0.457 e. The van der Waals surface area contributed by atoms with Gasteiger partial charge in [0.25, 0.3) is 11.8 Å². The second-order valence-corrected chi connectivity index (χ2v) is 8.72. The molecule has 1 aromatic heterocycles. The van der Waals surface area contributed by atoms with Crippen molar-refractivity contribution in [2.75, 3.05) is 0 Å². The van der Waals surface area contributed by atoms with E-state index in [2.05, 4.69) is 10.6 Å². The van der Waals surface area contributed by atoms with Gasteiger partial charge >= 0.3 is 0 Å². The third-order valence-corrected chi connectivity index (χ3v) is 5.76. The Morgan fingerprint density at radius 2 is 1.66 bits per heavy atom. The van der Waals surface area contributed by atoms with Crippen LogP contribution in [0.15, 0.2) is 95.0 Å². The minimum absolute atomic E-state index is 0.0506. The molecule has 5 nitrogen and oxygen atoms in total. The number of benzene rings is 3. The van der Waals surface area contributed by atoms with Gasteiger partial charge in [-0.1, -0.05) is 71.2 Å². The lowest BCUT2D eigenvalue weighted by atomic mass is 10.1. The molecule has 0 fully saturated rings. The minimum atomic E-state index is -0.447. The molecule has 176 valence electrons. The highest BCUT2D eigenvalue weighted by Gasteiger charge is 2.16. The molecule has 0 unspecified atom stereocenters. The largest absolute Gasteiger partial charge is 0.457 e. The zero-order valence-corrected chi connectivity index (χ0v) is 20.4. The third kappa shape index (κ3) is 6.41. The second-order valence-electron chi connectivity index (χ2n) is 7.87. The van der Waals surface area contributed by atoms with Crippen LogP contribution in [-0.2, 0) is 11.3 Å². The predicted molar refractivity (Wildman–Crippen MR) is 139 cm³/mol. The monoisotopic (exact) mass is 504 g/mol.